The molecule has 0 radical (unpaired) electrons. The molecule has 0 aromatic carbocycles. The maximum Gasteiger partial charge on any atom is 0.776 e. The third-order valence-corrected chi connectivity index (χ3v) is 2.11. The molecule has 0 aromatic rings. The minimum Gasteiger partial charge on any atom is -0.435 e. The van der Waals surface area contributed by atoms with E-state index in [1.54, 1.807) is 0 Å². The van der Waals surface area contributed by atoms with Crippen LogP contribution < -0.4 is 0 Å². The van der Waals surface area contributed by atoms with Gasteiger partial charge in [-0.1, -0.05) is 0 Å². The van der Waals surface area contributed by atoms with E-state index in [2.05, 4.69) is 8.85 Å². The Morgan fingerprint density at radius 3 is 2.50 bits per heavy atom. The zero-order valence-electron chi connectivity index (χ0n) is 5.24. The molecular formula is C4H8O5Si. The topological polar surface area (TPSA) is 76.0 Å². The van der Waals surface area contributed by atoms with Gasteiger partial charge in [0.1, 0.15) is 0 Å². The second-order valence-corrected chi connectivity index (χ2v) is 2.90. The van der Waals surface area contributed by atoms with Crippen LogP contribution in [0.5, 0.6) is 0 Å². The van der Waals surface area contributed by atoms with Crippen molar-refractivity contribution in [2.24, 2.45) is 0 Å². The lowest BCUT2D eigenvalue weighted by Crippen LogP contribution is -2.52. The summed E-state index contributed by atoms with van der Waals surface area (Å²) >= 11 is 0. The highest BCUT2D eigenvalue weighted by atomic mass is 28.3. The first kappa shape index (κ1) is 7.64. The number of rotatable bonds is 3. The van der Waals surface area contributed by atoms with Gasteiger partial charge in [0.05, 0.1) is 6.42 Å². The summed E-state index contributed by atoms with van der Waals surface area (Å²) in [6.07, 6.45) is 0.519. The van der Waals surface area contributed by atoms with Crippen LogP contribution in [0.2, 0.25) is 0 Å². The normalized spacial score (nSPS) is 20.8. The Balaban J connectivity index is 2.21. The summed E-state index contributed by atoms with van der Waals surface area (Å²) in [6.45, 7) is -0.0457. The Bertz CT molecular complexity index is 139. The van der Waals surface area contributed by atoms with Gasteiger partial charge in [-0.3, -0.25) is 4.46 Å². The van der Waals surface area contributed by atoms with E-state index in [1.165, 1.54) is 0 Å². The maximum absolute atomic E-state index is 10.2. The number of hydrogen-bond donors (Lipinski definition) is 2. The van der Waals surface area contributed by atoms with Gasteiger partial charge in [-0.2, -0.15) is 0 Å². The van der Waals surface area contributed by atoms with Crippen LogP contribution in [-0.2, 0) is 13.3 Å². The monoisotopic (exact) mass is 164 g/mol. The average molecular weight is 164 g/mol. The quantitative estimate of drug-likeness (QED) is 0.516. The van der Waals surface area contributed by atoms with Gasteiger partial charge < -0.3 is 19.1 Å². The SMILES string of the molecule is O=[Si]1OC(O)(CCCO)O1. The van der Waals surface area contributed by atoms with Crippen LogP contribution in [0.3, 0.4) is 0 Å². The molecule has 0 aliphatic carbocycles. The summed E-state index contributed by atoms with van der Waals surface area (Å²) in [6, 6.07) is 0. The fourth-order valence-corrected chi connectivity index (χ4v) is 1.41. The summed E-state index contributed by atoms with van der Waals surface area (Å²) in [7, 11) is -2.41. The molecule has 5 nitrogen and oxygen atoms in total. The van der Waals surface area contributed by atoms with Gasteiger partial charge in [-0.15, -0.1) is 0 Å². The molecule has 0 aromatic heterocycles. The third-order valence-electron chi connectivity index (χ3n) is 1.14. The predicted octanol–water partition coefficient (Wildman–Crippen LogP) is -1.13. The van der Waals surface area contributed by atoms with E-state index in [4.69, 9.17) is 10.2 Å². The highest BCUT2D eigenvalue weighted by molar-refractivity contribution is 6.28. The van der Waals surface area contributed by atoms with Crippen LogP contribution in [0, 0.1) is 0 Å². The van der Waals surface area contributed by atoms with Crippen molar-refractivity contribution in [3.05, 3.63) is 0 Å². The van der Waals surface area contributed by atoms with Gasteiger partial charge in [0.15, 0.2) is 0 Å². The molecule has 1 saturated heterocycles. The average Bonchev–Trinajstić information content (AvgIpc) is 1.81. The lowest BCUT2D eigenvalue weighted by molar-refractivity contribution is -0.357. The Morgan fingerprint density at radius 1 is 1.50 bits per heavy atom. The lowest BCUT2D eigenvalue weighted by Gasteiger charge is -2.34. The number of aliphatic hydroxyl groups excluding tert-OH is 1. The smallest absolute Gasteiger partial charge is 0.435 e. The molecule has 58 valence electrons. The molecule has 6 heteroatoms. The molecule has 0 atom stereocenters. The summed E-state index contributed by atoms with van der Waals surface area (Å²) in [5, 5.41) is 17.3. The molecule has 1 fully saturated rings. The minimum absolute atomic E-state index is 0.0457. The third kappa shape index (κ3) is 1.52. The van der Waals surface area contributed by atoms with E-state index in [0.29, 0.717) is 6.42 Å². The molecule has 1 heterocycles. The van der Waals surface area contributed by atoms with Crippen molar-refractivity contribution in [2.45, 2.75) is 18.8 Å². The van der Waals surface area contributed by atoms with Crippen molar-refractivity contribution in [3.63, 3.8) is 0 Å². The maximum atomic E-state index is 10.2. The summed E-state index contributed by atoms with van der Waals surface area (Å²) < 4.78 is 19.0. The zero-order chi connectivity index (χ0) is 7.61. The molecule has 1 aliphatic heterocycles. The largest absolute Gasteiger partial charge is 0.776 e. The second kappa shape index (κ2) is 2.65. The highest BCUT2D eigenvalue weighted by Crippen LogP contribution is 2.24. The highest BCUT2D eigenvalue weighted by Gasteiger charge is 2.48. The Hall–Kier alpha value is -0.463. The molecule has 1 rings (SSSR count). The standard InChI is InChI=1S/C4H8O5Si/c5-3-1-2-4(6)8-10(7)9-4/h5-6H,1-3H2. The van der Waals surface area contributed by atoms with E-state index in [0.717, 1.165) is 0 Å². The van der Waals surface area contributed by atoms with Crippen molar-refractivity contribution in [1.29, 1.82) is 0 Å². The van der Waals surface area contributed by atoms with Crippen LogP contribution >= 0.6 is 0 Å². The van der Waals surface area contributed by atoms with Crippen molar-refractivity contribution >= 4 is 9.17 Å². The summed E-state index contributed by atoms with van der Waals surface area (Å²) in [5.41, 5.74) is 0. The van der Waals surface area contributed by atoms with Crippen LogP contribution in [0.4, 0.5) is 0 Å². The Kier molecular flexibility index (Phi) is 2.02. The molecule has 0 saturated carbocycles. The predicted molar refractivity (Wildman–Crippen MR) is 29.9 cm³/mol. The first-order valence-corrected chi connectivity index (χ1v) is 4.14. The minimum atomic E-state index is -2.41. The molecule has 0 unspecified atom stereocenters. The number of aliphatic hydroxyl groups is 2. The fraction of sp³-hybridized carbons (Fsp3) is 1.00. The van der Waals surface area contributed by atoms with Gasteiger partial charge in [0, 0.05) is 6.61 Å². The summed E-state index contributed by atoms with van der Waals surface area (Å²) in [4.78, 5) is 0. The molecule has 0 bridgehead atoms. The fourth-order valence-electron chi connectivity index (χ4n) is 0.673. The lowest BCUT2D eigenvalue weighted by atomic mass is 10.3. The van der Waals surface area contributed by atoms with Gasteiger partial charge in [-0.25, -0.2) is 0 Å². The van der Waals surface area contributed by atoms with E-state index in [-0.39, 0.29) is 13.0 Å². The van der Waals surface area contributed by atoms with Crippen molar-refractivity contribution in [3.8, 4) is 0 Å². The van der Waals surface area contributed by atoms with E-state index in [9.17, 15) is 4.46 Å². The van der Waals surface area contributed by atoms with Crippen LogP contribution in [-0.4, -0.2) is 32.0 Å². The van der Waals surface area contributed by atoms with Gasteiger partial charge in [0.25, 0.3) is 0 Å². The first-order valence-electron chi connectivity index (χ1n) is 2.91. The molecule has 1 aliphatic rings. The first-order chi connectivity index (χ1) is 4.66. The van der Waals surface area contributed by atoms with Crippen molar-refractivity contribution in [2.75, 3.05) is 6.61 Å². The van der Waals surface area contributed by atoms with E-state index >= 15 is 0 Å². The summed E-state index contributed by atoms with van der Waals surface area (Å²) in [5.74, 6) is -1.68. The van der Waals surface area contributed by atoms with E-state index in [1.807, 2.05) is 0 Å². The van der Waals surface area contributed by atoms with Crippen LogP contribution in [0.1, 0.15) is 12.8 Å². The van der Waals surface area contributed by atoms with Gasteiger partial charge in [0.2, 0.25) is 0 Å². The molecular weight excluding hydrogens is 156 g/mol. The van der Waals surface area contributed by atoms with Crippen LogP contribution in [0.25, 0.3) is 0 Å². The Morgan fingerprint density at radius 2 is 2.10 bits per heavy atom. The van der Waals surface area contributed by atoms with Crippen molar-refractivity contribution in [1.82, 2.24) is 0 Å². The van der Waals surface area contributed by atoms with Gasteiger partial charge in [-0.05, 0) is 6.42 Å². The molecule has 0 spiro atoms. The van der Waals surface area contributed by atoms with Crippen molar-refractivity contribution < 1.29 is 23.5 Å². The van der Waals surface area contributed by atoms with Crippen LogP contribution in [0.15, 0.2) is 0 Å². The van der Waals surface area contributed by atoms with Gasteiger partial charge >= 0.3 is 15.1 Å². The second-order valence-electron chi connectivity index (χ2n) is 1.99. The van der Waals surface area contributed by atoms with E-state index < -0.39 is 15.1 Å². The molecule has 0 amide bonds. The zero-order valence-corrected chi connectivity index (χ0v) is 6.24. The molecule has 10 heavy (non-hydrogen) atoms. The molecule has 2 N–H and O–H groups in total. The Labute approximate surface area is 59.1 Å². The number of hydrogen-bond acceptors (Lipinski definition) is 5.